The van der Waals surface area contributed by atoms with E-state index in [4.69, 9.17) is 0 Å². The normalized spacial score (nSPS) is 8.05. The zero-order valence-corrected chi connectivity index (χ0v) is 16.6. The maximum atomic E-state index is 3.36. The third-order valence-corrected chi connectivity index (χ3v) is 3.38. The molecule has 0 N–H and O–H groups in total. The molecule has 1 rings (SSSR count). The molecule has 0 saturated heterocycles. The van der Waals surface area contributed by atoms with Gasteiger partial charge in [-0.25, -0.2) is 0 Å². The molecule has 0 heterocycles. The molecular weight excluding hydrogens is 264 g/mol. The number of hydrogen-bond acceptors (Lipinski definition) is 0. The summed E-state index contributed by atoms with van der Waals surface area (Å²) >= 11 is 0. The lowest BCUT2D eigenvalue weighted by atomic mass is 9.90. The molecular formula is C22H38. The van der Waals surface area contributed by atoms with Crippen LogP contribution in [0.1, 0.15) is 70.7 Å². The van der Waals surface area contributed by atoms with Crippen molar-refractivity contribution in [1.82, 2.24) is 0 Å². The third kappa shape index (κ3) is 8.67. The minimum Gasteiger partial charge on any atom is -0.106 e. The lowest BCUT2D eigenvalue weighted by molar-refractivity contribution is 1.08. The van der Waals surface area contributed by atoms with Gasteiger partial charge in [-0.05, 0) is 75.8 Å². The highest BCUT2D eigenvalue weighted by atomic mass is 14.1. The van der Waals surface area contributed by atoms with Crippen LogP contribution in [0.3, 0.4) is 0 Å². The molecule has 0 aliphatic rings. The highest BCUT2D eigenvalue weighted by molar-refractivity contribution is 5.70. The van der Waals surface area contributed by atoms with E-state index < -0.39 is 0 Å². The molecule has 0 fully saturated rings. The molecule has 0 bridgehead atoms. The van der Waals surface area contributed by atoms with Crippen molar-refractivity contribution in [2.75, 3.05) is 0 Å². The monoisotopic (exact) mass is 302 g/mol. The predicted molar refractivity (Wildman–Crippen MR) is 108 cm³/mol. The highest BCUT2D eigenvalue weighted by Crippen LogP contribution is 2.26. The van der Waals surface area contributed by atoms with Crippen molar-refractivity contribution in [2.45, 2.75) is 68.7 Å². The Morgan fingerprint density at radius 2 is 1.45 bits per heavy atom. The molecule has 0 radical (unpaired) electrons. The Labute approximate surface area is 140 Å². The van der Waals surface area contributed by atoms with Crippen LogP contribution in [0.2, 0.25) is 0 Å². The number of rotatable bonds is 2. The molecule has 0 atom stereocenters. The van der Waals surface area contributed by atoms with Crippen LogP contribution >= 0.6 is 0 Å². The van der Waals surface area contributed by atoms with Gasteiger partial charge in [0, 0.05) is 0 Å². The highest BCUT2D eigenvalue weighted by Gasteiger charge is 2.08. The molecule has 0 aliphatic heterocycles. The van der Waals surface area contributed by atoms with Crippen molar-refractivity contribution in [3.8, 4) is 0 Å². The maximum Gasteiger partial charge on any atom is -0.0193 e. The fourth-order valence-electron chi connectivity index (χ4n) is 1.95. The summed E-state index contributed by atoms with van der Waals surface area (Å²) in [5.41, 5.74) is 8.63. The summed E-state index contributed by atoms with van der Waals surface area (Å²) < 4.78 is 0. The van der Waals surface area contributed by atoms with Crippen LogP contribution in [-0.4, -0.2) is 0 Å². The molecule has 0 heteroatoms. The van der Waals surface area contributed by atoms with Crippen molar-refractivity contribution >= 4 is 5.57 Å². The molecule has 1 aromatic carbocycles. The van der Waals surface area contributed by atoms with Crippen LogP contribution in [0, 0.1) is 13.8 Å². The first kappa shape index (κ1) is 25.4. The lowest BCUT2D eigenvalue weighted by Gasteiger charge is -2.15. The molecule has 0 spiro atoms. The zero-order valence-electron chi connectivity index (χ0n) is 16.6. The van der Waals surface area contributed by atoms with Crippen LogP contribution in [0.5, 0.6) is 0 Å². The molecule has 0 nitrogen and oxygen atoms in total. The van der Waals surface area contributed by atoms with E-state index >= 15 is 0 Å². The summed E-state index contributed by atoms with van der Waals surface area (Å²) in [5, 5.41) is 0. The van der Waals surface area contributed by atoms with Crippen LogP contribution in [0.25, 0.3) is 5.57 Å². The fourth-order valence-corrected chi connectivity index (χ4v) is 1.95. The SMILES string of the molecule is C=C.C=CC.CC.CCc1c(C(C)=C(C)C)ccc(C)c1C. The van der Waals surface area contributed by atoms with Gasteiger partial charge in [0.1, 0.15) is 0 Å². The molecule has 1 aromatic rings. The molecule has 0 saturated carbocycles. The van der Waals surface area contributed by atoms with Gasteiger partial charge in [-0.3, -0.25) is 0 Å². The van der Waals surface area contributed by atoms with Crippen molar-refractivity contribution in [3.05, 3.63) is 65.8 Å². The largest absolute Gasteiger partial charge is 0.106 e. The Bertz CT molecular complexity index is 443. The van der Waals surface area contributed by atoms with E-state index in [-0.39, 0.29) is 0 Å². The van der Waals surface area contributed by atoms with E-state index in [0.717, 1.165) is 6.42 Å². The maximum absolute atomic E-state index is 3.36. The first-order valence-electron chi connectivity index (χ1n) is 8.21. The van der Waals surface area contributed by atoms with E-state index in [9.17, 15) is 0 Å². The summed E-state index contributed by atoms with van der Waals surface area (Å²) in [5.74, 6) is 0. The van der Waals surface area contributed by atoms with Gasteiger partial charge in [0.05, 0.1) is 0 Å². The first-order chi connectivity index (χ1) is 10.4. The molecule has 0 aromatic heterocycles. The van der Waals surface area contributed by atoms with Gasteiger partial charge in [-0.15, -0.1) is 19.7 Å². The number of aryl methyl sites for hydroxylation is 1. The Kier molecular flexibility index (Phi) is 18.3. The van der Waals surface area contributed by atoms with Gasteiger partial charge in [0.15, 0.2) is 0 Å². The van der Waals surface area contributed by atoms with Crippen LogP contribution in [0.15, 0.2) is 43.5 Å². The smallest absolute Gasteiger partial charge is 0.0193 e. The Morgan fingerprint density at radius 1 is 1.05 bits per heavy atom. The summed E-state index contributed by atoms with van der Waals surface area (Å²) in [6.45, 7) is 28.5. The number of hydrogen-bond donors (Lipinski definition) is 0. The number of allylic oxidation sites excluding steroid dienone is 3. The van der Waals surface area contributed by atoms with Gasteiger partial charge < -0.3 is 0 Å². The summed E-state index contributed by atoms with van der Waals surface area (Å²) in [7, 11) is 0. The van der Waals surface area contributed by atoms with Crippen molar-refractivity contribution in [1.29, 1.82) is 0 Å². The fraction of sp³-hybridized carbons (Fsp3) is 0.455. The Hall–Kier alpha value is -1.56. The van der Waals surface area contributed by atoms with E-state index in [1.54, 1.807) is 6.08 Å². The van der Waals surface area contributed by atoms with Crippen molar-refractivity contribution < 1.29 is 0 Å². The Balaban J connectivity index is -0.000000446. The molecule has 0 unspecified atom stereocenters. The van der Waals surface area contributed by atoms with Crippen molar-refractivity contribution in [3.63, 3.8) is 0 Å². The second kappa shape index (κ2) is 15.8. The average molecular weight is 303 g/mol. The molecule has 0 amide bonds. The van der Waals surface area contributed by atoms with Crippen molar-refractivity contribution in [2.24, 2.45) is 0 Å². The average Bonchev–Trinajstić information content (AvgIpc) is 2.53. The lowest BCUT2D eigenvalue weighted by Crippen LogP contribution is -1.97. The quantitative estimate of drug-likeness (QED) is 0.491. The molecule has 126 valence electrons. The Morgan fingerprint density at radius 3 is 1.77 bits per heavy atom. The standard InChI is InChI=1S/C15H22.C3H6.C2H6.C2H4/c1-7-14-13(6)11(4)8-9-15(14)12(5)10(2)3;1-3-2;2*1-2/h8-9H,7H2,1-6H3;3H,1H2,2H3;1-2H3;1-2H2. The predicted octanol–water partition coefficient (Wildman–Crippen LogP) is 7.70. The summed E-state index contributed by atoms with van der Waals surface area (Å²) in [6.07, 6.45) is 2.87. The van der Waals surface area contributed by atoms with Gasteiger partial charge in [0.2, 0.25) is 0 Å². The minimum absolute atomic E-state index is 1.12. The van der Waals surface area contributed by atoms with E-state index in [1.165, 1.54) is 33.4 Å². The van der Waals surface area contributed by atoms with Gasteiger partial charge >= 0.3 is 0 Å². The second-order valence-electron chi connectivity index (χ2n) is 4.92. The van der Waals surface area contributed by atoms with E-state index in [2.05, 4.69) is 73.4 Å². The minimum atomic E-state index is 1.12. The zero-order chi connectivity index (χ0) is 18.3. The van der Waals surface area contributed by atoms with E-state index in [1.807, 2.05) is 20.8 Å². The van der Waals surface area contributed by atoms with E-state index in [0.29, 0.717) is 0 Å². The van der Waals surface area contributed by atoms with Gasteiger partial charge in [0.25, 0.3) is 0 Å². The number of benzene rings is 1. The van der Waals surface area contributed by atoms with Gasteiger partial charge in [-0.2, -0.15) is 0 Å². The van der Waals surface area contributed by atoms with Crippen LogP contribution < -0.4 is 0 Å². The molecule has 22 heavy (non-hydrogen) atoms. The van der Waals surface area contributed by atoms with Crippen LogP contribution in [0.4, 0.5) is 0 Å². The summed E-state index contributed by atoms with van der Waals surface area (Å²) in [6, 6.07) is 4.50. The van der Waals surface area contributed by atoms with Gasteiger partial charge in [-0.1, -0.05) is 44.6 Å². The molecule has 0 aliphatic carbocycles. The topological polar surface area (TPSA) is 0 Å². The first-order valence-corrected chi connectivity index (χ1v) is 8.21. The second-order valence-corrected chi connectivity index (χ2v) is 4.92. The third-order valence-electron chi connectivity index (χ3n) is 3.38. The van der Waals surface area contributed by atoms with Crippen LogP contribution in [-0.2, 0) is 6.42 Å². The summed E-state index contributed by atoms with van der Waals surface area (Å²) in [4.78, 5) is 0.